The van der Waals surface area contributed by atoms with Gasteiger partial charge in [0.1, 0.15) is 6.10 Å². The van der Waals surface area contributed by atoms with Crippen molar-refractivity contribution in [1.82, 2.24) is 0 Å². The quantitative estimate of drug-likeness (QED) is 0.379. The normalized spacial score (nSPS) is 19.6. The van der Waals surface area contributed by atoms with Gasteiger partial charge in [0, 0.05) is 0 Å². The van der Waals surface area contributed by atoms with E-state index in [1.165, 1.54) is 0 Å². The van der Waals surface area contributed by atoms with Crippen molar-refractivity contribution in [3.05, 3.63) is 0 Å². The summed E-state index contributed by atoms with van der Waals surface area (Å²) in [6, 6.07) is 0. The predicted octanol–water partition coefficient (Wildman–Crippen LogP) is -1.82. The molecule has 0 fully saturated rings. The van der Waals surface area contributed by atoms with Crippen LogP contribution in [0.1, 0.15) is 6.92 Å². The molecule has 0 radical (unpaired) electrons. The van der Waals surface area contributed by atoms with Crippen molar-refractivity contribution in [1.29, 1.82) is 0 Å². The largest absolute Gasteiger partial charge is 0.479 e. The molecule has 0 amide bonds. The number of aliphatic hydroxyl groups excluding tert-OH is 2. The van der Waals surface area contributed by atoms with E-state index in [-0.39, 0.29) is 0 Å². The number of aliphatic hydroxyl groups is 3. The lowest BCUT2D eigenvalue weighted by Gasteiger charge is -2.22. The molecule has 0 aliphatic carbocycles. The number of hydrogen-bond donors (Lipinski definition) is 4. The highest BCUT2D eigenvalue weighted by Gasteiger charge is 2.37. The first-order chi connectivity index (χ1) is 4.42. The minimum Gasteiger partial charge on any atom is -0.479 e. The van der Waals surface area contributed by atoms with Crippen LogP contribution in [-0.4, -0.2) is 44.7 Å². The van der Waals surface area contributed by atoms with Gasteiger partial charge in [-0.1, -0.05) is 0 Å². The number of carbonyl (C=O) groups is 1. The zero-order valence-corrected chi connectivity index (χ0v) is 5.48. The fraction of sp³-hybridized carbons (Fsp3) is 0.800. The molecule has 5 nitrogen and oxygen atoms in total. The summed E-state index contributed by atoms with van der Waals surface area (Å²) in [6.07, 6.45) is -1.65. The van der Waals surface area contributed by atoms with Crippen LogP contribution in [0.5, 0.6) is 0 Å². The van der Waals surface area contributed by atoms with Gasteiger partial charge in [0.05, 0.1) is 6.61 Å². The summed E-state index contributed by atoms with van der Waals surface area (Å²) in [5.74, 6) is -1.56. The van der Waals surface area contributed by atoms with Crippen LogP contribution in [0.25, 0.3) is 0 Å². The molecule has 0 saturated carbocycles. The Hall–Kier alpha value is -0.650. The molecule has 0 aromatic heterocycles. The number of aliphatic carboxylic acids is 1. The smallest absolute Gasteiger partial charge is 0.338 e. The van der Waals surface area contributed by atoms with Gasteiger partial charge in [-0.2, -0.15) is 0 Å². The van der Waals surface area contributed by atoms with E-state index in [1.807, 2.05) is 0 Å². The maximum Gasteiger partial charge on any atom is 0.338 e. The fourth-order valence-corrected chi connectivity index (χ4v) is 0.320. The second kappa shape index (κ2) is 2.96. The van der Waals surface area contributed by atoms with Crippen molar-refractivity contribution < 1.29 is 25.2 Å². The number of hydrogen-bond acceptors (Lipinski definition) is 4. The standard InChI is InChI=1S/C5H10O5/c1-5(10,4(8)9)3(7)2-6/h3,6-7,10H,2H2,1H3,(H,8,9). The summed E-state index contributed by atoms with van der Waals surface area (Å²) in [5.41, 5.74) is -2.27. The lowest BCUT2D eigenvalue weighted by molar-refractivity contribution is -0.171. The molecule has 10 heavy (non-hydrogen) atoms. The van der Waals surface area contributed by atoms with Gasteiger partial charge in [0.2, 0.25) is 0 Å². The lowest BCUT2D eigenvalue weighted by Crippen LogP contribution is -2.48. The highest BCUT2D eigenvalue weighted by Crippen LogP contribution is 2.08. The Kier molecular flexibility index (Phi) is 2.77. The van der Waals surface area contributed by atoms with Crippen molar-refractivity contribution in [3.8, 4) is 0 Å². The van der Waals surface area contributed by atoms with E-state index in [0.717, 1.165) is 6.92 Å². The molecule has 0 heterocycles. The van der Waals surface area contributed by atoms with Gasteiger partial charge >= 0.3 is 5.97 Å². The Morgan fingerprint density at radius 2 is 2.10 bits per heavy atom. The number of carboxylic acid groups (broad SMARTS) is 1. The van der Waals surface area contributed by atoms with Crippen LogP contribution in [0.4, 0.5) is 0 Å². The maximum absolute atomic E-state index is 10.1. The van der Waals surface area contributed by atoms with Crippen molar-refractivity contribution in [2.45, 2.75) is 18.6 Å². The van der Waals surface area contributed by atoms with Crippen molar-refractivity contribution >= 4 is 5.97 Å². The fourth-order valence-electron chi connectivity index (χ4n) is 0.320. The summed E-state index contributed by atoms with van der Waals surface area (Å²) in [7, 11) is 0. The number of rotatable bonds is 3. The Morgan fingerprint density at radius 1 is 1.70 bits per heavy atom. The van der Waals surface area contributed by atoms with E-state index in [2.05, 4.69) is 0 Å². The molecule has 2 atom stereocenters. The van der Waals surface area contributed by atoms with Gasteiger partial charge in [-0.05, 0) is 6.92 Å². The summed E-state index contributed by atoms with van der Waals surface area (Å²) in [6.45, 7) is 0.134. The molecule has 0 rings (SSSR count). The molecule has 0 aliphatic heterocycles. The van der Waals surface area contributed by atoms with Crippen LogP contribution in [0.3, 0.4) is 0 Å². The molecular formula is C5H10O5. The van der Waals surface area contributed by atoms with Crippen LogP contribution in [0.15, 0.2) is 0 Å². The van der Waals surface area contributed by atoms with E-state index in [1.54, 1.807) is 0 Å². The van der Waals surface area contributed by atoms with E-state index in [9.17, 15) is 4.79 Å². The monoisotopic (exact) mass is 150 g/mol. The third-order valence-corrected chi connectivity index (χ3v) is 1.25. The highest BCUT2D eigenvalue weighted by atomic mass is 16.4. The SMILES string of the molecule is CC(O)(C(=O)O)C(O)CO. The highest BCUT2D eigenvalue weighted by molar-refractivity contribution is 5.77. The van der Waals surface area contributed by atoms with E-state index < -0.39 is 24.3 Å². The third kappa shape index (κ3) is 1.66. The first kappa shape index (κ1) is 9.35. The van der Waals surface area contributed by atoms with Gasteiger partial charge in [-0.25, -0.2) is 4.79 Å². The first-order valence-electron chi connectivity index (χ1n) is 2.67. The van der Waals surface area contributed by atoms with Gasteiger partial charge in [-0.15, -0.1) is 0 Å². The summed E-state index contributed by atoms with van der Waals surface area (Å²) in [4.78, 5) is 10.1. The molecule has 0 spiro atoms. The summed E-state index contributed by atoms with van der Waals surface area (Å²) in [5, 5.41) is 34.0. The zero-order valence-electron chi connectivity index (χ0n) is 5.48. The average molecular weight is 150 g/mol. The van der Waals surface area contributed by atoms with Crippen molar-refractivity contribution in [3.63, 3.8) is 0 Å². The van der Waals surface area contributed by atoms with Crippen LogP contribution in [0.2, 0.25) is 0 Å². The molecule has 0 saturated heterocycles. The topological polar surface area (TPSA) is 98.0 Å². The van der Waals surface area contributed by atoms with Gasteiger partial charge in [0.15, 0.2) is 5.60 Å². The Labute approximate surface area is 57.5 Å². The average Bonchev–Trinajstić information content (AvgIpc) is 1.86. The van der Waals surface area contributed by atoms with Crippen molar-refractivity contribution in [2.75, 3.05) is 6.61 Å². The molecule has 0 aromatic rings. The molecule has 0 aromatic carbocycles. The Balaban J connectivity index is 4.23. The van der Waals surface area contributed by atoms with E-state index >= 15 is 0 Å². The zero-order chi connectivity index (χ0) is 8.36. The summed E-state index contributed by atoms with van der Waals surface area (Å²) < 4.78 is 0. The maximum atomic E-state index is 10.1. The van der Waals surface area contributed by atoms with Crippen LogP contribution < -0.4 is 0 Å². The van der Waals surface area contributed by atoms with Gasteiger partial charge in [0.25, 0.3) is 0 Å². The van der Waals surface area contributed by atoms with E-state index in [4.69, 9.17) is 20.4 Å². The molecule has 0 aliphatic rings. The van der Waals surface area contributed by atoms with Crippen LogP contribution >= 0.6 is 0 Å². The molecular weight excluding hydrogens is 140 g/mol. The van der Waals surface area contributed by atoms with Crippen molar-refractivity contribution in [2.24, 2.45) is 0 Å². The Bertz CT molecular complexity index is 130. The van der Waals surface area contributed by atoms with E-state index in [0.29, 0.717) is 0 Å². The lowest BCUT2D eigenvalue weighted by atomic mass is 10.0. The van der Waals surface area contributed by atoms with Crippen LogP contribution in [-0.2, 0) is 4.79 Å². The second-order valence-corrected chi connectivity index (χ2v) is 2.15. The molecule has 2 unspecified atom stereocenters. The number of carboxylic acids is 1. The van der Waals surface area contributed by atoms with Crippen LogP contribution in [0, 0.1) is 0 Å². The Morgan fingerprint density at radius 3 is 2.20 bits per heavy atom. The third-order valence-electron chi connectivity index (χ3n) is 1.25. The second-order valence-electron chi connectivity index (χ2n) is 2.15. The van der Waals surface area contributed by atoms with Gasteiger partial charge < -0.3 is 20.4 Å². The molecule has 4 N–H and O–H groups in total. The van der Waals surface area contributed by atoms with Gasteiger partial charge in [-0.3, -0.25) is 0 Å². The predicted molar refractivity (Wildman–Crippen MR) is 31.4 cm³/mol. The molecule has 0 bridgehead atoms. The summed E-state index contributed by atoms with van der Waals surface area (Å²) >= 11 is 0. The first-order valence-corrected chi connectivity index (χ1v) is 2.67. The molecule has 5 heteroatoms. The molecule has 60 valence electrons. The minimum absolute atomic E-state index is 0.778. The minimum atomic E-state index is -2.27.